The first-order valence-electron chi connectivity index (χ1n) is 7.88. The maximum Gasteiger partial charge on any atom is 0.243 e. The van der Waals surface area contributed by atoms with E-state index in [9.17, 15) is 18.0 Å². The molecule has 1 saturated heterocycles. The van der Waals surface area contributed by atoms with Gasteiger partial charge in [-0.05, 0) is 22.5 Å². The number of carbonyl (C=O) groups is 2. The number of carbonyl (C=O) groups excluding carboxylic acids is 2. The summed E-state index contributed by atoms with van der Waals surface area (Å²) in [7, 11) is -2.93. The van der Waals surface area contributed by atoms with Crippen LogP contribution >= 0.6 is 15.9 Å². The van der Waals surface area contributed by atoms with Gasteiger partial charge in [0.15, 0.2) is 9.84 Å². The van der Waals surface area contributed by atoms with Gasteiger partial charge in [0, 0.05) is 29.3 Å². The predicted octanol–water partition coefficient (Wildman–Crippen LogP) is 0.382. The van der Waals surface area contributed by atoms with Gasteiger partial charge in [-0.1, -0.05) is 18.1 Å². The van der Waals surface area contributed by atoms with Gasteiger partial charge in [0.2, 0.25) is 11.8 Å². The number of amides is 2. The second-order valence-electron chi connectivity index (χ2n) is 5.91. The second-order valence-corrected chi connectivity index (χ2v) is 8.46. The maximum absolute atomic E-state index is 12.2. The van der Waals surface area contributed by atoms with Crippen LogP contribution in [0.2, 0.25) is 0 Å². The van der Waals surface area contributed by atoms with Gasteiger partial charge < -0.3 is 15.4 Å². The smallest absolute Gasteiger partial charge is 0.243 e. The van der Waals surface area contributed by atoms with Crippen LogP contribution in [0.1, 0.15) is 12.5 Å². The summed E-state index contributed by atoms with van der Waals surface area (Å²) in [6, 6.07) is 6.29. The Kier molecular flexibility index (Phi) is 7.06. The van der Waals surface area contributed by atoms with Crippen LogP contribution in [0.25, 0.3) is 0 Å². The first kappa shape index (κ1) is 20.3. The van der Waals surface area contributed by atoms with E-state index in [1.165, 1.54) is 6.92 Å². The maximum atomic E-state index is 12.2. The van der Waals surface area contributed by atoms with Crippen LogP contribution in [-0.4, -0.2) is 50.4 Å². The molecule has 0 radical (unpaired) electrons. The zero-order valence-corrected chi connectivity index (χ0v) is 16.5. The molecule has 2 amide bonds. The lowest BCUT2D eigenvalue weighted by atomic mass is 10.0. The van der Waals surface area contributed by atoms with Crippen molar-refractivity contribution in [3.05, 3.63) is 29.8 Å². The molecule has 7 nitrogen and oxygen atoms in total. The highest BCUT2D eigenvalue weighted by molar-refractivity contribution is 9.12. The Bertz CT molecular complexity index is 815. The van der Waals surface area contributed by atoms with Gasteiger partial charge in [-0.2, -0.15) is 0 Å². The van der Waals surface area contributed by atoms with E-state index in [1.54, 1.807) is 24.3 Å². The molecular formula is C17H19BrN2O5S. The van der Waals surface area contributed by atoms with Gasteiger partial charge in [0.05, 0.1) is 18.1 Å². The molecule has 0 bridgehead atoms. The first-order valence-corrected chi connectivity index (χ1v) is 10.5. The van der Waals surface area contributed by atoms with Crippen LogP contribution in [0.5, 0.6) is 5.75 Å². The number of sulfone groups is 1. The summed E-state index contributed by atoms with van der Waals surface area (Å²) in [5.41, 5.74) is 0.832. The Morgan fingerprint density at radius 2 is 1.96 bits per heavy atom. The minimum absolute atomic E-state index is 0.0385. The zero-order chi connectivity index (χ0) is 19.2. The first-order chi connectivity index (χ1) is 12.3. The molecule has 2 rings (SSSR count). The van der Waals surface area contributed by atoms with E-state index in [2.05, 4.69) is 37.3 Å². The van der Waals surface area contributed by atoms with E-state index in [1.807, 2.05) is 0 Å². The van der Waals surface area contributed by atoms with Crippen molar-refractivity contribution in [1.29, 1.82) is 0 Å². The average Bonchev–Trinajstić information content (AvgIpc) is 2.54. The largest absolute Gasteiger partial charge is 0.488 e. The molecule has 1 fully saturated rings. The fourth-order valence-corrected chi connectivity index (χ4v) is 3.77. The van der Waals surface area contributed by atoms with Crippen molar-refractivity contribution in [2.75, 3.05) is 18.1 Å². The molecule has 1 aromatic rings. The average molecular weight is 443 g/mol. The van der Waals surface area contributed by atoms with E-state index in [0.29, 0.717) is 12.2 Å². The number of rotatable bonds is 7. The monoisotopic (exact) mass is 442 g/mol. The molecule has 0 saturated carbocycles. The quantitative estimate of drug-likeness (QED) is 0.594. The van der Waals surface area contributed by atoms with E-state index < -0.39 is 15.9 Å². The number of hydrogen-bond acceptors (Lipinski definition) is 5. The summed E-state index contributed by atoms with van der Waals surface area (Å²) in [6.07, 6.45) is 0.00455. The van der Waals surface area contributed by atoms with Gasteiger partial charge >= 0.3 is 0 Å². The normalized spacial score (nSPS) is 16.4. The summed E-state index contributed by atoms with van der Waals surface area (Å²) in [5.74, 6) is 2.68. The third-order valence-electron chi connectivity index (χ3n) is 3.66. The molecule has 2 N–H and O–H groups in total. The second kappa shape index (κ2) is 9.05. The Morgan fingerprint density at radius 1 is 1.31 bits per heavy atom. The van der Waals surface area contributed by atoms with Crippen molar-refractivity contribution in [2.45, 2.75) is 25.5 Å². The van der Waals surface area contributed by atoms with Crippen LogP contribution in [-0.2, 0) is 25.8 Å². The SMILES string of the molecule is CC(=O)NC(Cc1ccc(OC2CS(=O)(=O)C2)cc1)C(=O)NCC#CBr. The van der Waals surface area contributed by atoms with Gasteiger partial charge in [0.1, 0.15) is 17.9 Å². The summed E-state index contributed by atoms with van der Waals surface area (Å²) >= 11 is 2.94. The standard InChI is InChI=1S/C17H19BrN2O5S/c1-12(21)20-16(17(22)19-8-2-7-18)9-13-3-5-14(6-4-13)25-15-10-26(23,24)11-15/h3-6,15-16H,8-11H2,1H3,(H,19,22)(H,20,21). The fraction of sp³-hybridized carbons (Fsp3) is 0.412. The van der Waals surface area contributed by atoms with E-state index in [4.69, 9.17) is 4.74 Å². The highest BCUT2D eigenvalue weighted by Gasteiger charge is 2.35. The molecule has 140 valence electrons. The topological polar surface area (TPSA) is 102 Å². The molecule has 9 heteroatoms. The van der Waals surface area contributed by atoms with Crippen molar-refractivity contribution in [1.82, 2.24) is 10.6 Å². The van der Waals surface area contributed by atoms with Gasteiger partial charge in [-0.15, -0.1) is 0 Å². The van der Waals surface area contributed by atoms with Gasteiger partial charge in [-0.3, -0.25) is 9.59 Å². The molecule has 1 heterocycles. The fourth-order valence-electron chi connectivity index (χ4n) is 2.46. The lowest BCUT2D eigenvalue weighted by Crippen LogP contribution is -2.47. The minimum Gasteiger partial charge on any atom is -0.488 e. The summed E-state index contributed by atoms with van der Waals surface area (Å²) in [4.78, 5) is 26.0. The number of ether oxygens (including phenoxy) is 1. The van der Waals surface area contributed by atoms with Crippen LogP contribution in [0.15, 0.2) is 24.3 Å². The summed E-state index contributed by atoms with van der Waals surface area (Å²) in [6.45, 7) is 1.53. The molecule has 0 aliphatic carbocycles. The molecule has 1 aliphatic heterocycles. The number of benzene rings is 1. The van der Waals surface area contributed by atoms with E-state index in [0.717, 1.165) is 5.56 Å². The summed E-state index contributed by atoms with van der Waals surface area (Å²) in [5, 5.41) is 5.25. The Morgan fingerprint density at radius 3 is 2.50 bits per heavy atom. The Hall–Kier alpha value is -2.05. The molecule has 1 aromatic carbocycles. The van der Waals surface area contributed by atoms with Crippen molar-refractivity contribution in [3.8, 4) is 16.5 Å². The van der Waals surface area contributed by atoms with Crippen LogP contribution in [0.3, 0.4) is 0 Å². The van der Waals surface area contributed by atoms with Gasteiger partial charge in [-0.25, -0.2) is 8.42 Å². The predicted molar refractivity (Wildman–Crippen MR) is 101 cm³/mol. The lowest BCUT2D eigenvalue weighted by Gasteiger charge is -2.26. The number of nitrogens with one attached hydrogen (secondary N) is 2. The Balaban J connectivity index is 1.95. The van der Waals surface area contributed by atoms with Crippen molar-refractivity contribution < 1.29 is 22.7 Å². The third kappa shape index (κ3) is 6.35. The van der Waals surface area contributed by atoms with Crippen LogP contribution in [0.4, 0.5) is 0 Å². The highest BCUT2D eigenvalue weighted by Crippen LogP contribution is 2.20. The molecule has 1 aliphatic rings. The highest BCUT2D eigenvalue weighted by atomic mass is 79.9. The molecule has 1 unspecified atom stereocenters. The van der Waals surface area contributed by atoms with Crippen molar-refractivity contribution in [3.63, 3.8) is 0 Å². The lowest BCUT2D eigenvalue weighted by molar-refractivity contribution is -0.127. The van der Waals surface area contributed by atoms with Gasteiger partial charge in [0.25, 0.3) is 0 Å². The molecule has 1 atom stereocenters. The van der Waals surface area contributed by atoms with E-state index >= 15 is 0 Å². The molecular weight excluding hydrogens is 424 g/mol. The molecule has 0 aromatic heterocycles. The number of hydrogen-bond donors (Lipinski definition) is 2. The molecule has 0 spiro atoms. The van der Waals surface area contributed by atoms with Crippen molar-refractivity contribution in [2.24, 2.45) is 0 Å². The zero-order valence-electron chi connectivity index (χ0n) is 14.1. The van der Waals surface area contributed by atoms with E-state index in [-0.39, 0.29) is 36.0 Å². The van der Waals surface area contributed by atoms with Crippen LogP contribution < -0.4 is 15.4 Å². The third-order valence-corrected chi connectivity index (χ3v) is 5.70. The number of halogens is 1. The summed E-state index contributed by atoms with van der Waals surface area (Å²) < 4.78 is 27.9. The Labute approximate surface area is 160 Å². The van der Waals surface area contributed by atoms with Crippen LogP contribution in [0, 0.1) is 10.8 Å². The minimum atomic E-state index is -2.93. The molecule has 26 heavy (non-hydrogen) atoms. The van der Waals surface area contributed by atoms with Crippen molar-refractivity contribution >= 4 is 37.6 Å².